The molecule has 0 saturated carbocycles. The summed E-state index contributed by atoms with van der Waals surface area (Å²) >= 11 is 0. The fourth-order valence-corrected chi connectivity index (χ4v) is 2.13. The maximum absolute atomic E-state index is 11.8. The molecule has 0 aliphatic rings. The van der Waals surface area contributed by atoms with Crippen molar-refractivity contribution in [3.8, 4) is 0 Å². The molecule has 0 heterocycles. The van der Waals surface area contributed by atoms with Crippen molar-refractivity contribution in [3.05, 3.63) is 71.8 Å². The lowest BCUT2D eigenvalue weighted by atomic mass is 10.1. The minimum absolute atomic E-state index is 0.0443. The van der Waals surface area contributed by atoms with Gasteiger partial charge in [0.05, 0.1) is 13.0 Å². The second-order valence-electron chi connectivity index (χ2n) is 5.62. The summed E-state index contributed by atoms with van der Waals surface area (Å²) in [5, 5.41) is 9.33. The van der Waals surface area contributed by atoms with E-state index in [1.165, 1.54) is 0 Å². The Balaban J connectivity index is 1.83. The van der Waals surface area contributed by atoms with E-state index >= 15 is 0 Å². The minimum Gasteiger partial charge on any atom is -0.478 e. The van der Waals surface area contributed by atoms with Gasteiger partial charge in [0.1, 0.15) is 6.61 Å². The number of hydrogen-bond acceptors (Lipinski definition) is 5. The molecule has 0 saturated heterocycles. The Hall–Kier alpha value is -2.70. The van der Waals surface area contributed by atoms with Crippen LogP contribution in [0.15, 0.2) is 60.7 Å². The molecule has 25 heavy (non-hydrogen) atoms. The Morgan fingerprint density at radius 2 is 1.44 bits per heavy atom. The number of carboxylic acids is 1. The molecular weight excluding hydrogens is 322 g/mol. The van der Waals surface area contributed by atoms with E-state index < -0.39 is 17.7 Å². The van der Waals surface area contributed by atoms with Gasteiger partial charge in [-0.1, -0.05) is 60.7 Å². The molecular formula is C19H21NO5. The van der Waals surface area contributed by atoms with Gasteiger partial charge in [0.25, 0.3) is 0 Å². The number of rotatable bonds is 9. The Morgan fingerprint density at radius 3 is 1.96 bits per heavy atom. The van der Waals surface area contributed by atoms with Crippen molar-refractivity contribution in [2.24, 2.45) is 5.73 Å². The second kappa shape index (κ2) is 8.96. The first kappa shape index (κ1) is 18.6. The van der Waals surface area contributed by atoms with Gasteiger partial charge in [0.15, 0.2) is 0 Å². The van der Waals surface area contributed by atoms with E-state index in [1.807, 2.05) is 48.5 Å². The number of carbonyl (C=O) groups is 2. The number of carbonyl (C=O) groups excluding carboxylic acids is 1. The van der Waals surface area contributed by atoms with Gasteiger partial charge in [-0.2, -0.15) is 0 Å². The summed E-state index contributed by atoms with van der Waals surface area (Å²) in [7, 11) is 0. The van der Waals surface area contributed by atoms with Gasteiger partial charge in [0, 0.05) is 6.42 Å². The predicted octanol–water partition coefficient (Wildman–Crippen LogP) is 2.47. The monoisotopic (exact) mass is 343 g/mol. The van der Waals surface area contributed by atoms with Crippen molar-refractivity contribution in [2.75, 3.05) is 0 Å². The first-order valence-corrected chi connectivity index (χ1v) is 7.89. The lowest BCUT2D eigenvalue weighted by Gasteiger charge is -2.24. The zero-order chi connectivity index (χ0) is 18.1. The van der Waals surface area contributed by atoms with Crippen LogP contribution in [0.3, 0.4) is 0 Å². The smallest absolute Gasteiger partial charge is 0.351 e. The third-order valence-corrected chi connectivity index (χ3v) is 3.64. The zero-order valence-corrected chi connectivity index (χ0v) is 13.8. The maximum atomic E-state index is 11.8. The molecule has 2 aromatic rings. The normalized spacial score (nSPS) is 13.0. The maximum Gasteiger partial charge on any atom is 0.351 e. The van der Waals surface area contributed by atoms with Gasteiger partial charge in [-0.15, -0.1) is 0 Å². The lowest BCUT2D eigenvalue weighted by molar-refractivity contribution is -0.170. The van der Waals surface area contributed by atoms with Crippen LogP contribution in [0.2, 0.25) is 0 Å². The van der Waals surface area contributed by atoms with Crippen LogP contribution in [0, 0.1) is 0 Å². The highest BCUT2D eigenvalue weighted by atomic mass is 16.5. The van der Waals surface area contributed by atoms with Crippen LogP contribution < -0.4 is 5.73 Å². The standard InChI is InChI=1S/C19H21NO5/c20-19(18(22)23,25-14-16-9-5-2-6-10-16)12-11-17(21)24-13-15-7-3-1-4-8-15/h1-10H,11-14,20H2,(H,22,23). The molecule has 0 aromatic heterocycles. The lowest BCUT2D eigenvalue weighted by Crippen LogP contribution is -2.50. The Labute approximate surface area is 146 Å². The van der Waals surface area contributed by atoms with Gasteiger partial charge in [-0.3, -0.25) is 10.5 Å². The summed E-state index contributed by atoms with van der Waals surface area (Å²) in [6.45, 7) is 0.178. The van der Waals surface area contributed by atoms with Crippen LogP contribution in [0.25, 0.3) is 0 Å². The number of aliphatic carboxylic acids is 1. The van der Waals surface area contributed by atoms with E-state index in [0.29, 0.717) is 0 Å². The summed E-state index contributed by atoms with van der Waals surface area (Å²) in [6, 6.07) is 18.3. The zero-order valence-electron chi connectivity index (χ0n) is 13.8. The average Bonchev–Trinajstić information content (AvgIpc) is 2.64. The molecule has 0 spiro atoms. The van der Waals surface area contributed by atoms with Gasteiger partial charge < -0.3 is 14.6 Å². The summed E-state index contributed by atoms with van der Waals surface area (Å²) < 4.78 is 10.5. The van der Waals surface area contributed by atoms with Crippen LogP contribution in [0.1, 0.15) is 24.0 Å². The molecule has 1 unspecified atom stereocenters. The van der Waals surface area contributed by atoms with E-state index in [0.717, 1.165) is 11.1 Å². The third kappa shape index (κ3) is 6.02. The van der Waals surface area contributed by atoms with Gasteiger partial charge >= 0.3 is 11.9 Å². The van der Waals surface area contributed by atoms with Crippen molar-refractivity contribution in [1.29, 1.82) is 0 Å². The van der Waals surface area contributed by atoms with Crippen LogP contribution in [0.4, 0.5) is 0 Å². The first-order valence-electron chi connectivity index (χ1n) is 7.89. The molecule has 2 rings (SSSR count). The summed E-state index contributed by atoms with van der Waals surface area (Å²) in [5.41, 5.74) is 5.52. The SMILES string of the molecule is NC(CCC(=O)OCc1ccccc1)(OCc1ccccc1)C(=O)O. The van der Waals surface area contributed by atoms with E-state index in [-0.39, 0.29) is 26.1 Å². The van der Waals surface area contributed by atoms with Crippen molar-refractivity contribution in [2.45, 2.75) is 31.8 Å². The van der Waals surface area contributed by atoms with E-state index in [1.54, 1.807) is 12.1 Å². The molecule has 0 aliphatic heterocycles. The van der Waals surface area contributed by atoms with E-state index in [2.05, 4.69) is 0 Å². The third-order valence-electron chi connectivity index (χ3n) is 3.64. The number of carboxylic acid groups (broad SMARTS) is 1. The van der Waals surface area contributed by atoms with E-state index in [9.17, 15) is 14.7 Å². The molecule has 6 nitrogen and oxygen atoms in total. The molecule has 0 radical (unpaired) electrons. The van der Waals surface area contributed by atoms with Gasteiger partial charge in [-0.25, -0.2) is 4.79 Å². The quantitative estimate of drug-likeness (QED) is 0.536. The molecule has 0 aliphatic carbocycles. The second-order valence-corrected chi connectivity index (χ2v) is 5.62. The number of nitrogens with two attached hydrogens (primary N) is 1. The largest absolute Gasteiger partial charge is 0.478 e. The number of esters is 1. The van der Waals surface area contributed by atoms with Crippen molar-refractivity contribution >= 4 is 11.9 Å². The van der Waals surface area contributed by atoms with Crippen LogP contribution in [-0.2, 0) is 32.3 Å². The Bertz CT molecular complexity index is 689. The van der Waals surface area contributed by atoms with E-state index in [4.69, 9.17) is 15.2 Å². The number of hydrogen-bond donors (Lipinski definition) is 2. The predicted molar refractivity (Wildman–Crippen MR) is 91.3 cm³/mol. The first-order chi connectivity index (χ1) is 12.0. The molecule has 3 N–H and O–H groups in total. The average molecular weight is 343 g/mol. The van der Waals surface area contributed by atoms with Crippen molar-refractivity contribution in [1.82, 2.24) is 0 Å². The molecule has 6 heteroatoms. The molecule has 0 amide bonds. The molecule has 0 bridgehead atoms. The summed E-state index contributed by atoms with van der Waals surface area (Å²) in [5.74, 6) is -1.84. The molecule has 1 atom stereocenters. The van der Waals surface area contributed by atoms with Gasteiger partial charge in [0.2, 0.25) is 5.72 Å². The highest BCUT2D eigenvalue weighted by Crippen LogP contribution is 2.16. The summed E-state index contributed by atoms with van der Waals surface area (Å²) in [4.78, 5) is 23.3. The van der Waals surface area contributed by atoms with Gasteiger partial charge in [-0.05, 0) is 11.1 Å². The number of ether oxygens (including phenoxy) is 2. The number of benzene rings is 2. The Kier molecular flexibility index (Phi) is 6.68. The minimum atomic E-state index is -1.94. The highest BCUT2D eigenvalue weighted by Gasteiger charge is 2.35. The fourth-order valence-electron chi connectivity index (χ4n) is 2.13. The molecule has 0 fully saturated rings. The Morgan fingerprint density at radius 1 is 0.920 bits per heavy atom. The van der Waals surface area contributed by atoms with Crippen molar-refractivity contribution in [3.63, 3.8) is 0 Å². The topological polar surface area (TPSA) is 98.9 Å². The fraction of sp³-hybridized carbons (Fsp3) is 0.263. The summed E-state index contributed by atoms with van der Waals surface area (Å²) in [6.07, 6.45) is -0.326. The van der Waals surface area contributed by atoms with Crippen molar-refractivity contribution < 1.29 is 24.2 Å². The molecule has 132 valence electrons. The van der Waals surface area contributed by atoms with Crippen LogP contribution in [-0.4, -0.2) is 22.8 Å². The van der Waals surface area contributed by atoms with Crippen LogP contribution in [0.5, 0.6) is 0 Å². The molecule has 2 aromatic carbocycles. The highest BCUT2D eigenvalue weighted by molar-refractivity contribution is 5.78. The van der Waals surface area contributed by atoms with Crippen LogP contribution >= 0.6 is 0 Å².